The van der Waals surface area contributed by atoms with Crippen LogP contribution >= 0.6 is 0 Å². The third-order valence-electron chi connectivity index (χ3n) is 4.20. The van der Waals surface area contributed by atoms with Gasteiger partial charge in [-0.3, -0.25) is 4.79 Å². The van der Waals surface area contributed by atoms with E-state index < -0.39 is 5.97 Å². The topological polar surface area (TPSA) is 57.5 Å². The maximum absolute atomic E-state index is 10.4. The second-order valence-electron chi connectivity index (χ2n) is 6.45. The van der Waals surface area contributed by atoms with Crippen molar-refractivity contribution in [2.45, 2.75) is 97.0 Å². The normalized spacial score (nSPS) is 14.3. The highest BCUT2D eigenvalue weighted by Gasteiger charge is 2.11. The zero-order valence-electron chi connectivity index (χ0n) is 14.6. The Hall–Kier alpha value is -0.830. The summed E-state index contributed by atoms with van der Waals surface area (Å²) in [5.74, 6) is -0.335. The van der Waals surface area contributed by atoms with E-state index in [0.29, 0.717) is 12.3 Å². The van der Waals surface area contributed by atoms with E-state index in [-0.39, 0.29) is 6.10 Å². The van der Waals surface area contributed by atoms with E-state index in [9.17, 15) is 9.90 Å². The first kappa shape index (κ1) is 21.2. The number of rotatable bonds is 15. The fourth-order valence-corrected chi connectivity index (χ4v) is 2.54. The van der Waals surface area contributed by atoms with Crippen molar-refractivity contribution in [1.82, 2.24) is 0 Å². The molecule has 2 atom stereocenters. The van der Waals surface area contributed by atoms with Crippen molar-refractivity contribution in [2.24, 2.45) is 5.92 Å². The summed E-state index contributed by atoms with van der Waals surface area (Å²) in [6.07, 6.45) is 16.4. The molecule has 0 radical (unpaired) electrons. The Morgan fingerprint density at radius 2 is 1.68 bits per heavy atom. The molecule has 0 aromatic heterocycles. The summed E-state index contributed by atoms with van der Waals surface area (Å²) in [4.78, 5) is 10.4. The minimum absolute atomic E-state index is 0.162. The molecule has 0 aromatic rings. The summed E-state index contributed by atoms with van der Waals surface area (Å²) < 4.78 is 0. The summed E-state index contributed by atoms with van der Waals surface area (Å²) in [7, 11) is 0. The molecule has 0 saturated carbocycles. The number of hydrogen-bond donors (Lipinski definition) is 2. The van der Waals surface area contributed by atoms with Crippen molar-refractivity contribution in [2.75, 3.05) is 0 Å². The molecule has 0 bridgehead atoms. The predicted molar refractivity (Wildman–Crippen MR) is 93.0 cm³/mol. The molecule has 0 amide bonds. The SMILES string of the molecule is CCCCCC(O)C(C)CC=CCCCCCCCC(=O)O. The van der Waals surface area contributed by atoms with E-state index in [1.54, 1.807) is 0 Å². The Labute approximate surface area is 136 Å². The largest absolute Gasteiger partial charge is 0.481 e. The molecule has 2 unspecified atom stereocenters. The van der Waals surface area contributed by atoms with Crippen LogP contribution in [0.1, 0.15) is 90.9 Å². The van der Waals surface area contributed by atoms with Crippen molar-refractivity contribution in [3.63, 3.8) is 0 Å². The van der Waals surface area contributed by atoms with Crippen LogP contribution in [0.5, 0.6) is 0 Å². The summed E-state index contributed by atoms with van der Waals surface area (Å²) >= 11 is 0. The molecule has 22 heavy (non-hydrogen) atoms. The van der Waals surface area contributed by atoms with Gasteiger partial charge in [0.15, 0.2) is 0 Å². The number of unbranched alkanes of at least 4 members (excludes halogenated alkanes) is 7. The smallest absolute Gasteiger partial charge is 0.303 e. The Morgan fingerprint density at radius 3 is 2.36 bits per heavy atom. The van der Waals surface area contributed by atoms with Gasteiger partial charge in [-0.2, -0.15) is 0 Å². The Bertz CT molecular complexity index is 286. The minimum Gasteiger partial charge on any atom is -0.481 e. The molecule has 0 heterocycles. The van der Waals surface area contributed by atoms with Crippen LogP contribution in [0.4, 0.5) is 0 Å². The van der Waals surface area contributed by atoms with Crippen LogP contribution in [-0.4, -0.2) is 22.3 Å². The van der Waals surface area contributed by atoms with Crippen molar-refractivity contribution in [3.8, 4) is 0 Å². The molecule has 3 nitrogen and oxygen atoms in total. The van der Waals surface area contributed by atoms with Crippen LogP contribution in [0.15, 0.2) is 12.2 Å². The first-order chi connectivity index (χ1) is 10.6. The number of aliphatic carboxylic acids is 1. The fourth-order valence-electron chi connectivity index (χ4n) is 2.54. The second kappa shape index (κ2) is 15.1. The molecular formula is C19H36O3. The fraction of sp³-hybridized carbons (Fsp3) is 0.842. The molecule has 0 aliphatic heterocycles. The summed E-state index contributed by atoms with van der Waals surface area (Å²) in [5.41, 5.74) is 0. The van der Waals surface area contributed by atoms with Gasteiger partial charge in [0.25, 0.3) is 0 Å². The van der Waals surface area contributed by atoms with E-state index in [2.05, 4.69) is 26.0 Å². The van der Waals surface area contributed by atoms with Crippen LogP contribution in [0, 0.1) is 5.92 Å². The standard InChI is InChI=1S/C19H36O3/c1-3-4-11-15-18(20)17(2)14-12-9-7-5-6-8-10-13-16-19(21)22/h9,12,17-18,20H,3-8,10-11,13-16H2,1-2H3,(H,21,22). The van der Waals surface area contributed by atoms with Crippen LogP contribution in [0.2, 0.25) is 0 Å². The summed E-state index contributed by atoms with van der Waals surface area (Å²) in [5, 5.41) is 18.6. The Kier molecular flexibility index (Phi) is 14.5. The van der Waals surface area contributed by atoms with E-state index >= 15 is 0 Å². The average Bonchev–Trinajstić information content (AvgIpc) is 2.48. The molecule has 0 fully saturated rings. The molecular weight excluding hydrogens is 276 g/mol. The van der Waals surface area contributed by atoms with Gasteiger partial charge < -0.3 is 10.2 Å². The molecule has 0 aliphatic rings. The molecule has 0 aromatic carbocycles. The van der Waals surface area contributed by atoms with E-state index in [1.807, 2.05) is 0 Å². The third-order valence-corrected chi connectivity index (χ3v) is 4.20. The van der Waals surface area contributed by atoms with Gasteiger partial charge in [-0.25, -0.2) is 0 Å². The van der Waals surface area contributed by atoms with E-state index in [0.717, 1.165) is 44.9 Å². The van der Waals surface area contributed by atoms with Crippen LogP contribution < -0.4 is 0 Å². The zero-order valence-corrected chi connectivity index (χ0v) is 14.6. The lowest BCUT2D eigenvalue weighted by molar-refractivity contribution is -0.137. The predicted octanol–water partition coefficient (Wildman–Crippen LogP) is 5.33. The number of aliphatic hydroxyl groups is 1. The molecule has 0 aliphatic carbocycles. The van der Waals surface area contributed by atoms with E-state index in [4.69, 9.17) is 5.11 Å². The lowest BCUT2D eigenvalue weighted by Crippen LogP contribution is -2.16. The van der Waals surface area contributed by atoms with Gasteiger partial charge in [0, 0.05) is 6.42 Å². The van der Waals surface area contributed by atoms with Gasteiger partial charge in [0.1, 0.15) is 0 Å². The van der Waals surface area contributed by atoms with Gasteiger partial charge in [-0.15, -0.1) is 0 Å². The maximum Gasteiger partial charge on any atom is 0.303 e. The first-order valence-electron chi connectivity index (χ1n) is 9.12. The Balaban J connectivity index is 3.43. The zero-order chi connectivity index (χ0) is 16.6. The van der Waals surface area contributed by atoms with Crippen molar-refractivity contribution in [3.05, 3.63) is 12.2 Å². The molecule has 2 N–H and O–H groups in total. The minimum atomic E-state index is -0.686. The lowest BCUT2D eigenvalue weighted by atomic mass is 9.96. The highest BCUT2D eigenvalue weighted by Crippen LogP contribution is 2.16. The van der Waals surface area contributed by atoms with E-state index in [1.165, 1.54) is 25.7 Å². The third kappa shape index (κ3) is 14.1. The molecule has 0 spiro atoms. The van der Waals surface area contributed by atoms with Gasteiger partial charge in [0.2, 0.25) is 0 Å². The van der Waals surface area contributed by atoms with Gasteiger partial charge >= 0.3 is 5.97 Å². The molecule has 0 rings (SSSR count). The van der Waals surface area contributed by atoms with Crippen molar-refractivity contribution >= 4 is 5.97 Å². The number of hydrogen-bond acceptors (Lipinski definition) is 2. The van der Waals surface area contributed by atoms with Gasteiger partial charge in [0.05, 0.1) is 6.10 Å². The second-order valence-corrected chi connectivity index (χ2v) is 6.45. The highest BCUT2D eigenvalue weighted by atomic mass is 16.4. The lowest BCUT2D eigenvalue weighted by Gasteiger charge is -2.16. The number of allylic oxidation sites excluding steroid dienone is 2. The molecule has 130 valence electrons. The maximum atomic E-state index is 10.4. The van der Waals surface area contributed by atoms with Gasteiger partial charge in [-0.05, 0) is 38.0 Å². The molecule has 0 saturated heterocycles. The summed E-state index contributed by atoms with van der Waals surface area (Å²) in [6, 6.07) is 0. The number of carboxylic acid groups (broad SMARTS) is 1. The van der Waals surface area contributed by atoms with Crippen LogP contribution in [0.25, 0.3) is 0 Å². The number of carboxylic acids is 1. The number of aliphatic hydroxyl groups excluding tert-OH is 1. The highest BCUT2D eigenvalue weighted by molar-refractivity contribution is 5.66. The molecule has 3 heteroatoms. The summed E-state index contributed by atoms with van der Waals surface area (Å²) in [6.45, 7) is 4.31. The van der Waals surface area contributed by atoms with Crippen LogP contribution in [0.3, 0.4) is 0 Å². The van der Waals surface area contributed by atoms with Crippen molar-refractivity contribution in [1.29, 1.82) is 0 Å². The van der Waals surface area contributed by atoms with Gasteiger partial charge in [-0.1, -0.05) is 64.5 Å². The van der Waals surface area contributed by atoms with Crippen LogP contribution in [-0.2, 0) is 4.79 Å². The Morgan fingerprint density at radius 1 is 1.00 bits per heavy atom. The quantitative estimate of drug-likeness (QED) is 0.317. The first-order valence-corrected chi connectivity index (χ1v) is 9.12. The number of carbonyl (C=O) groups is 1. The van der Waals surface area contributed by atoms with Crippen molar-refractivity contribution < 1.29 is 15.0 Å². The average molecular weight is 312 g/mol. The monoisotopic (exact) mass is 312 g/mol.